The molecule has 0 N–H and O–H groups in total. The van der Waals surface area contributed by atoms with Crippen LogP contribution in [0.2, 0.25) is 0 Å². The van der Waals surface area contributed by atoms with E-state index >= 15 is 0 Å². The fourth-order valence-corrected chi connectivity index (χ4v) is 5.06. The molecule has 4 aromatic rings. The van der Waals surface area contributed by atoms with Crippen LogP contribution in [0.25, 0.3) is 10.2 Å². The van der Waals surface area contributed by atoms with Gasteiger partial charge in [0.2, 0.25) is 5.91 Å². The first-order chi connectivity index (χ1) is 15.8. The van der Waals surface area contributed by atoms with Gasteiger partial charge in [-0.05, 0) is 42.0 Å². The lowest BCUT2D eigenvalue weighted by molar-refractivity contribution is -0.118. The molecule has 0 saturated heterocycles. The number of carbonyl (C=O) groups is 1. The van der Waals surface area contributed by atoms with E-state index in [2.05, 4.69) is 4.98 Å². The molecule has 0 aliphatic heterocycles. The standard InChI is InChI=1S/C23H22N2O6S2/c1-29-18-10-11-19(30-2)22-21(18)24-23(32-22)25(14-16-5-4-12-31-16)20(26)13-15-6-8-17(9-7-15)33(3,27)28/h4-12H,13-14H2,1-3H3. The number of thiazole rings is 1. The number of nitrogens with zero attached hydrogens (tertiary/aromatic N) is 2. The summed E-state index contributed by atoms with van der Waals surface area (Å²) in [5, 5.41) is 0.474. The van der Waals surface area contributed by atoms with Gasteiger partial charge in [-0.3, -0.25) is 9.69 Å². The van der Waals surface area contributed by atoms with Crippen molar-refractivity contribution in [3.05, 3.63) is 66.1 Å². The van der Waals surface area contributed by atoms with Crippen molar-refractivity contribution in [2.24, 2.45) is 0 Å². The van der Waals surface area contributed by atoms with Crippen molar-refractivity contribution in [1.29, 1.82) is 0 Å². The van der Waals surface area contributed by atoms with Crippen LogP contribution in [0.5, 0.6) is 11.5 Å². The lowest BCUT2D eigenvalue weighted by atomic mass is 10.1. The zero-order valence-corrected chi connectivity index (χ0v) is 19.9. The first-order valence-electron chi connectivity index (χ1n) is 9.93. The fourth-order valence-electron chi connectivity index (χ4n) is 3.34. The Bertz CT molecular complexity index is 1340. The van der Waals surface area contributed by atoms with Gasteiger partial charge in [0.1, 0.15) is 27.5 Å². The zero-order valence-electron chi connectivity index (χ0n) is 18.3. The van der Waals surface area contributed by atoms with Crippen LogP contribution >= 0.6 is 11.3 Å². The molecular formula is C23H22N2O6S2. The number of rotatable bonds is 8. The Labute approximate surface area is 195 Å². The quantitative estimate of drug-likeness (QED) is 0.370. The molecule has 33 heavy (non-hydrogen) atoms. The molecule has 10 heteroatoms. The van der Waals surface area contributed by atoms with Crippen molar-refractivity contribution < 1.29 is 27.1 Å². The number of methoxy groups -OCH3 is 2. The Hall–Kier alpha value is -3.37. The molecule has 8 nitrogen and oxygen atoms in total. The van der Waals surface area contributed by atoms with E-state index in [1.807, 2.05) is 0 Å². The van der Waals surface area contributed by atoms with Gasteiger partial charge < -0.3 is 13.9 Å². The third kappa shape index (κ3) is 4.86. The summed E-state index contributed by atoms with van der Waals surface area (Å²) in [7, 11) is -0.172. The van der Waals surface area contributed by atoms with Crippen LogP contribution in [-0.2, 0) is 27.6 Å². The summed E-state index contributed by atoms with van der Waals surface area (Å²) in [4.78, 5) is 19.8. The van der Waals surface area contributed by atoms with Crippen LogP contribution in [0.15, 0.2) is 64.1 Å². The van der Waals surface area contributed by atoms with E-state index in [4.69, 9.17) is 13.9 Å². The number of aromatic nitrogens is 1. The van der Waals surface area contributed by atoms with Gasteiger partial charge in [-0.2, -0.15) is 0 Å². The number of amides is 1. The van der Waals surface area contributed by atoms with Gasteiger partial charge in [0, 0.05) is 6.26 Å². The summed E-state index contributed by atoms with van der Waals surface area (Å²) in [6.07, 6.45) is 2.76. The number of carbonyl (C=O) groups excluding carboxylic acids is 1. The maximum Gasteiger partial charge on any atom is 0.233 e. The first kappa shape index (κ1) is 22.8. The third-order valence-corrected chi connectivity index (χ3v) is 7.25. The Balaban J connectivity index is 1.70. The van der Waals surface area contributed by atoms with E-state index in [9.17, 15) is 13.2 Å². The monoisotopic (exact) mass is 486 g/mol. The average molecular weight is 487 g/mol. The van der Waals surface area contributed by atoms with Gasteiger partial charge >= 0.3 is 0 Å². The van der Waals surface area contributed by atoms with Crippen molar-refractivity contribution in [2.45, 2.75) is 17.9 Å². The summed E-state index contributed by atoms with van der Waals surface area (Å²) >= 11 is 1.32. The Kier molecular flexibility index (Phi) is 6.39. The zero-order chi connectivity index (χ0) is 23.6. The topological polar surface area (TPSA) is 98.9 Å². The van der Waals surface area contributed by atoms with Gasteiger partial charge in [-0.15, -0.1) is 0 Å². The van der Waals surface area contributed by atoms with Gasteiger partial charge in [0.25, 0.3) is 0 Å². The predicted octanol–water partition coefficient (Wildman–Crippen LogP) is 4.09. The van der Waals surface area contributed by atoms with Crippen LogP contribution in [0.3, 0.4) is 0 Å². The van der Waals surface area contributed by atoms with Gasteiger partial charge in [-0.1, -0.05) is 23.5 Å². The van der Waals surface area contributed by atoms with Crippen LogP contribution in [0.1, 0.15) is 11.3 Å². The van der Waals surface area contributed by atoms with E-state index in [-0.39, 0.29) is 23.8 Å². The summed E-state index contributed by atoms with van der Waals surface area (Å²) in [6.45, 7) is 0.192. The molecule has 0 aliphatic rings. The lowest BCUT2D eigenvalue weighted by Crippen LogP contribution is -2.31. The molecule has 2 heterocycles. The van der Waals surface area contributed by atoms with Crippen LogP contribution in [0, 0.1) is 0 Å². The van der Waals surface area contributed by atoms with Crippen molar-refractivity contribution in [2.75, 3.05) is 25.4 Å². The highest BCUT2D eigenvalue weighted by molar-refractivity contribution is 7.90. The minimum Gasteiger partial charge on any atom is -0.495 e. The molecular weight excluding hydrogens is 464 g/mol. The number of anilines is 1. The fraction of sp³-hybridized carbons (Fsp3) is 0.217. The van der Waals surface area contributed by atoms with Crippen LogP contribution in [-0.4, -0.2) is 39.8 Å². The van der Waals surface area contributed by atoms with E-state index in [1.165, 1.54) is 23.5 Å². The molecule has 0 atom stereocenters. The number of hydrogen-bond acceptors (Lipinski definition) is 8. The van der Waals surface area contributed by atoms with E-state index in [0.717, 1.165) is 11.0 Å². The molecule has 0 radical (unpaired) electrons. The number of sulfone groups is 1. The van der Waals surface area contributed by atoms with Gasteiger partial charge in [0.15, 0.2) is 15.0 Å². The largest absolute Gasteiger partial charge is 0.495 e. The molecule has 0 spiro atoms. The Morgan fingerprint density at radius 3 is 2.36 bits per heavy atom. The van der Waals surface area contributed by atoms with Crippen LogP contribution < -0.4 is 14.4 Å². The number of hydrogen-bond donors (Lipinski definition) is 0. The molecule has 0 fully saturated rings. The molecule has 0 aliphatic carbocycles. The second-order valence-corrected chi connectivity index (χ2v) is 10.3. The number of benzene rings is 2. The molecule has 1 amide bonds. The summed E-state index contributed by atoms with van der Waals surface area (Å²) in [5.74, 6) is 1.61. The highest BCUT2D eigenvalue weighted by Crippen LogP contribution is 2.40. The number of fused-ring (bicyclic) bond motifs is 1. The second kappa shape index (κ2) is 9.24. The molecule has 0 saturated carbocycles. The summed E-state index contributed by atoms with van der Waals surface area (Å²) < 4.78 is 40.6. The maximum absolute atomic E-state index is 13.4. The minimum atomic E-state index is -3.31. The van der Waals surface area contributed by atoms with Crippen molar-refractivity contribution >= 4 is 42.4 Å². The molecule has 172 valence electrons. The van der Waals surface area contributed by atoms with Crippen molar-refractivity contribution in [3.63, 3.8) is 0 Å². The lowest BCUT2D eigenvalue weighted by Gasteiger charge is -2.19. The highest BCUT2D eigenvalue weighted by Gasteiger charge is 2.24. The molecule has 4 rings (SSSR count). The summed E-state index contributed by atoms with van der Waals surface area (Å²) in [6, 6.07) is 13.4. The van der Waals surface area contributed by atoms with Crippen molar-refractivity contribution in [1.82, 2.24) is 4.98 Å². The third-order valence-electron chi connectivity index (χ3n) is 5.03. The second-order valence-electron chi connectivity index (χ2n) is 7.30. The predicted molar refractivity (Wildman–Crippen MR) is 126 cm³/mol. The summed E-state index contributed by atoms with van der Waals surface area (Å²) in [5.41, 5.74) is 1.29. The highest BCUT2D eigenvalue weighted by atomic mass is 32.2. The minimum absolute atomic E-state index is 0.0644. The van der Waals surface area contributed by atoms with E-state index in [1.54, 1.807) is 61.8 Å². The molecule has 0 unspecified atom stereocenters. The molecule has 0 bridgehead atoms. The van der Waals surface area contributed by atoms with E-state index in [0.29, 0.717) is 33.5 Å². The molecule has 2 aromatic heterocycles. The van der Waals surface area contributed by atoms with E-state index < -0.39 is 9.84 Å². The molecule has 2 aromatic carbocycles. The number of furan rings is 1. The Morgan fingerprint density at radius 2 is 1.76 bits per heavy atom. The SMILES string of the molecule is COc1ccc(OC)c2sc(N(Cc3ccco3)C(=O)Cc3ccc(S(C)(=O)=O)cc3)nc12. The maximum atomic E-state index is 13.4. The first-order valence-corrected chi connectivity index (χ1v) is 12.6. The van der Waals surface area contributed by atoms with Crippen molar-refractivity contribution in [3.8, 4) is 11.5 Å². The average Bonchev–Trinajstić information content (AvgIpc) is 3.46. The van der Waals surface area contributed by atoms with Crippen LogP contribution in [0.4, 0.5) is 5.13 Å². The van der Waals surface area contributed by atoms with Gasteiger partial charge in [-0.25, -0.2) is 13.4 Å². The Morgan fingerprint density at radius 1 is 1.06 bits per heavy atom. The number of ether oxygens (including phenoxy) is 2. The van der Waals surface area contributed by atoms with Gasteiger partial charge in [0.05, 0.1) is 38.3 Å². The normalized spacial score (nSPS) is 11.5. The smallest absolute Gasteiger partial charge is 0.233 e.